The monoisotopic (exact) mass is 763 g/mol. The van der Waals surface area contributed by atoms with Crippen LogP contribution in [-0.4, -0.2) is 0 Å². The first-order chi connectivity index (χ1) is 29.7. The van der Waals surface area contributed by atoms with E-state index in [1.54, 1.807) is 0 Å². The minimum absolute atomic E-state index is 0.494. The van der Waals surface area contributed by atoms with Crippen LogP contribution in [0, 0.1) is 0 Å². The summed E-state index contributed by atoms with van der Waals surface area (Å²) in [6.45, 7) is 0. The molecular weight excluding hydrogens is 723 g/mol. The second-order valence-corrected chi connectivity index (χ2v) is 15.7. The Labute approximate surface area is 352 Å². The molecule has 0 atom stereocenters. The molecule has 0 heterocycles. The lowest BCUT2D eigenvalue weighted by molar-refractivity contribution is 0.768. The van der Waals surface area contributed by atoms with Crippen molar-refractivity contribution in [2.24, 2.45) is 0 Å². The van der Waals surface area contributed by atoms with Crippen LogP contribution in [0.5, 0.6) is 0 Å². The Morgan fingerprint density at radius 1 is 0.250 bits per heavy atom. The van der Waals surface area contributed by atoms with Crippen LogP contribution < -0.4 is 4.90 Å². The minimum Gasteiger partial charge on any atom is -0.310 e. The lowest BCUT2D eigenvalue weighted by Crippen LogP contribution is -2.28. The molecule has 0 bridgehead atoms. The van der Waals surface area contributed by atoms with E-state index in [9.17, 15) is 0 Å². The summed E-state index contributed by atoms with van der Waals surface area (Å²) in [5, 5.41) is 2.50. The van der Waals surface area contributed by atoms with Crippen molar-refractivity contribution in [3.8, 4) is 44.5 Å². The van der Waals surface area contributed by atoms with Crippen molar-refractivity contribution in [3.63, 3.8) is 0 Å². The molecule has 0 radical (unpaired) electrons. The van der Waals surface area contributed by atoms with Gasteiger partial charge in [-0.25, -0.2) is 0 Å². The largest absolute Gasteiger partial charge is 0.310 e. The van der Waals surface area contributed by atoms with Gasteiger partial charge in [-0.3, -0.25) is 0 Å². The highest BCUT2D eigenvalue weighted by Crippen LogP contribution is 2.57. The van der Waals surface area contributed by atoms with Crippen molar-refractivity contribution in [3.05, 3.63) is 271 Å². The van der Waals surface area contributed by atoms with Gasteiger partial charge in [-0.1, -0.05) is 206 Å². The number of fused-ring (bicyclic) bond motifs is 4. The normalized spacial score (nSPS) is 12.5. The fraction of sp³-hybridized carbons (Fsp3) is 0.0169. The van der Waals surface area contributed by atoms with Gasteiger partial charge in [0.2, 0.25) is 0 Å². The lowest BCUT2D eigenvalue weighted by atomic mass is 9.67. The molecule has 1 aliphatic rings. The van der Waals surface area contributed by atoms with Crippen molar-refractivity contribution in [1.29, 1.82) is 0 Å². The predicted octanol–water partition coefficient (Wildman–Crippen LogP) is 15.7. The number of nitrogens with zero attached hydrogens (tertiary/aromatic N) is 1. The van der Waals surface area contributed by atoms with E-state index >= 15 is 0 Å². The summed E-state index contributed by atoms with van der Waals surface area (Å²) in [5.41, 5.74) is 17.7. The lowest BCUT2D eigenvalue weighted by Gasteiger charge is -2.35. The number of hydrogen-bond donors (Lipinski definition) is 0. The third-order valence-electron chi connectivity index (χ3n) is 12.4. The highest BCUT2D eigenvalue weighted by molar-refractivity contribution is 5.91. The van der Waals surface area contributed by atoms with Crippen molar-refractivity contribution in [2.75, 3.05) is 4.90 Å². The Bertz CT molecular complexity index is 3060. The molecule has 0 spiro atoms. The van der Waals surface area contributed by atoms with Gasteiger partial charge in [-0.05, 0) is 120 Å². The van der Waals surface area contributed by atoms with Crippen molar-refractivity contribution >= 4 is 27.8 Å². The summed E-state index contributed by atoms with van der Waals surface area (Å²) in [6.07, 6.45) is 0. The van der Waals surface area contributed by atoms with Crippen molar-refractivity contribution < 1.29 is 0 Å². The molecule has 0 saturated heterocycles. The Kier molecular flexibility index (Phi) is 8.79. The molecular formula is C59H41N. The fourth-order valence-corrected chi connectivity index (χ4v) is 9.48. The van der Waals surface area contributed by atoms with Crippen LogP contribution in [0.1, 0.15) is 22.3 Å². The highest BCUT2D eigenvalue weighted by atomic mass is 15.1. The van der Waals surface area contributed by atoms with E-state index in [0.717, 1.165) is 17.1 Å². The van der Waals surface area contributed by atoms with Crippen molar-refractivity contribution in [2.45, 2.75) is 5.41 Å². The molecule has 0 unspecified atom stereocenters. The van der Waals surface area contributed by atoms with Gasteiger partial charge in [0.05, 0.1) is 5.41 Å². The van der Waals surface area contributed by atoms with E-state index in [2.05, 4.69) is 254 Å². The predicted molar refractivity (Wildman–Crippen MR) is 252 cm³/mol. The Morgan fingerprint density at radius 2 is 0.667 bits per heavy atom. The molecule has 60 heavy (non-hydrogen) atoms. The molecule has 1 heteroatoms. The summed E-state index contributed by atoms with van der Waals surface area (Å²) < 4.78 is 0. The molecule has 0 saturated carbocycles. The van der Waals surface area contributed by atoms with Gasteiger partial charge in [0, 0.05) is 17.1 Å². The average molecular weight is 764 g/mol. The Balaban J connectivity index is 1.05. The molecule has 0 fully saturated rings. The molecule has 1 nitrogen and oxygen atoms in total. The Hall–Kier alpha value is -7.74. The van der Waals surface area contributed by atoms with E-state index in [1.165, 1.54) is 77.5 Å². The van der Waals surface area contributed by atoms with Gasteiger partial charge < -0.3 is 4.90 Å². The minimum atomic E-state index is -0.494. The maximum Gasteiger partial charge on any atom is 0.0714 e. The fourth-order valence-electron chi connectivity index (χ4n) is 9.48. The van der Waals surface area contributed by atoms with Gasteiger partial charge in [0.25, 0.3) is 0 Å². The highest BCUT2D eigenvalue weighted by Gasteiger charge is 2.46. The van der Waals surface area contributed by atoms with Crippen LogP contribution in [0.4, 0.5) is 17.1 Å². The summed E-state index contributed by atoms with van der Waals surface area (Å²) in [5.74, 6) is 0. The summed E-state index contributed by atoms with van der Waals surface area (Å²) in [4.78, 5) is 2.41. The summed E-state index contributed by atoms with van der Waals surface area (Å²) in [6, 6.07) is 91.0. The second kappa shape index (κ2) is 14.9. The van der Waals surface area contributed by atoms with Crippen LogP contribution in [0.3, 0.4) is 0 Å². The molecule has 282 valence electrons. The maximum absolute atomic E-state index is 2.45. The maximum atomic E-state index is 2.45. The second-order valence-electron chi connectivity index (χ2n) is 15.7. The van der Waals surface area contributed by atoms with Gasteiger partial charge in [-0.2, -0.15) is 0 Å². The summed E-state index contributed by atoms with van der Waals surface area (Å²) in [7, 11) is 0. The zero-order valence-electron chi connectivity index (χ0n) is 33.1. The van der Waals surface area contributed by atoms with Gasteiger partial charge in [0.1, 0.15) is 0 Å². The Morgan fingerprint density at radius 3 is 1.27 bits per heavy atom. The van der Waals surface area contributed by atoms with E-state index in [4.69, 9.17) is 0 Å². The molecule has 0 aliphatic heterocycles. The molecule has 0 amide bonds. The van der Waals surface area contributed by atoms with Crippen LogP contribution in [-0.2, 0) is 5.41 Å². The van der Waals surface area contributed by atoms with Gasteiger partial charge in [-0.15, -0.1) is 0 Å². The average Bonchev–Trinajstić information content (AvgIpc) is 3.63. The first-order valence-electron chi connectivity index (χ1n) is 20.7. The van der Waals surface area contributed by atoms with Crippen LogP contribution >= 0.6 is 0 Å². The van der Waals surface area contributed by atoms with E-state index < -0.39 is 5.41 Å². The number of benzene rings is 10. The smallest absolute Gasteiger partial charge is 0.0714 e. The quantitative estimate of drug-likeness (QED) is 0.149. The molecule has 1 aliphatic carbocycles. The topological polar surface area (TPSA) is 3.24 Å². The molecule has 0 N–H and O–H groups in total. The molecule has 10 aromatic carbocycles. The summed E-state index contributed by atoms with van der Waals surface area (Å²) >= 11 is 0. The first kappa shape index (κ1) is 35.4. The third kappa shape index (κ3) is 6.03. The molecule has 0 aromatic heterocycles. The van der Waals surface area contributed by atoms with Crippen LogP contribution in [0.15, 0.2) is 249 Å². The van der Waals surface area contributed by atoms with Gasteiger partial charge in [0.15, 0.2) is 0 Å². The molecule has 11 rings (SSSR count). The number of anilines is 3. The van der Waals surface area contributed by atoms with E-state index in [1.807, 2.05) is 0 Å². The number of rotatable bonds is 8. The van der Waals surface area contributed by atoms with Crippen molar-refractivity contribution in [1.82, 2.24) is 0 Å². The van der Waals surface area contributed by atoms with Gasteiger partial charge >= 0.3 is 0 Å². The third-order valence-corrected chi connectivity index (χ3v) is 12.4. The zero-order chi connectivity index (χ0) is 39.9. The van der Waals surface area contributed by atoms with Crippen LogP contribution in [0.2, 0.25) is 0 Å². The number of hydrogen-bond acceptors (Lipinski definition) is 1. The zero-order valence-corrected chi connectivity index (χ0v) is 33.1. The standard InChI is InChI=1S/C59H41N/c1-4-14-42(15-5-1)44-24-26-45(27-25-44)46-30-34-52(35-31-46)60(53-36-32-47(33-37-53)49-29-28-43-16-10-11-17-48(43)40-49)54-38-39-56-55-22-12-13-23-57(55)59(58(56)41-54,50-18-6-2-7-19-50)51-20-8-3-9-21-51/h1-41H. The first-order valence-corrected chi connectivity index (χ1v) is 20.7. The SMILES string of the molecule is c1ccc(-c2ccc(-c3ccc(N(c4ccc(-c5ccc6ccccc6c5)cc4)c4ccc5c(c4)C(c4ccccc4)(c4ccccc4)c4ccccc4-5)cc3)cc2)cc1. The molecule has 10 aromatic rings. The van der Waals surface area contributed by atoms with E-state index in [0.29, 0.717) is 0 Å². The van der Waals surface area contributed by atoms with E-state index in [-0.39, 0.29) is 0 Å². The van der Waals surface area contributed by atoms with Crippen LogP contribution in [0.25, 0.3) is 55.3 Å².